The van der Waals surface area contributed by atoms with Crippen molar-refractivity contribution in [3.8, 4) is 0 Å². The van der Waals surface area contributed by atoms with Crippen LogP contribution in [0.4, 0.5) is 5.69 Å². The van der Waals surface area contributed by atoms with Gasteiger partial charge in [-0.1, -0.05) is 29.8 Å². The number of rotatable bonds is 1. The quantitative estimate of drug-likeness (QED) is 0.858. The second kappa shape index (κ2) is 5.89. The van der Waals surface area contributed by atoms with Crippen LogP contribution in [0.15, 0.2) is 36.4 Å². The Morgan fingerprint density at radius 2 is 1.83 bits per heavy atom. The molecule has 0 aliphatic carbocycles. The van der Waals surface area contributed by atoms with Crippen LogP contribution in [-0.4, -0.2) is 17.0 Å². The van der Waals surface area contributed by atoms with E-state index in [0.29, 0.717) is 11.6 Å². The van der Waals surface area contributed by atoms with Gasteiger partial charge in [-0.25, -0.2) is 4.79 Å². The molecule has 0 saturated carbocycles. The first kappa shape index (κ1) is 15.3. The van der Waals surface area contributed by atoms with Crippen LogP contribution in [0.5, 0.6) is 0 Å². The van der Waals surface area contributed by atoms with Crippen LogP contribution in [0.2, 0.25) is 5.02 Å². The Morgan fingerprint density at radius 1 is 1.09 bits per heavy atom. The van der Waals surface area contributed by atoms with Crippen molar-refractivity contribution in [1.82, 2.24) is 0 Å². The zero-order chi connectivity index (χ0) is 16.6. The predicted molar refractivity (Wildman–Crippen MR) is 90.6 cm³/mol. The number of hydrogen-bond acceptors (Lipinski definition) is 2. The summed E-state index contributed by atoms with van der Waals surface area (Å²) < 4.78 is 0. The molecular weight excluding hydrogens is 314 g/mol. The molecule has 1 heterocycles. The first-order valence-electron chi connectivity index (χ1n) is 7.07. The van der Waals surface area contributed by atoms with Gasteiger partial charge in [-0.15, -0.1) is 0 Å². The van der Waals surface area contributed by atoms with Crippen molar-refractivity contribution in [2.24, 2.45) is 0 Å². The second-order valence-electron chi connectivity index (χ2n) is 5.36. The van der Waals surface area contributed by atoms with Crippen molar-refractivity contribution >= 4 is 41.3 Å². The van der Waals surface area contributed by atoms with Crippen LogP contribution in [-0.2, 0) is 11.3 Å². The molecule has 0 saturated heterocycles. The second-order valence-corrected chi connectivity index (χ2v) is 5.80. The zero-order valence-corrected chi connectivity index (χ0v) is 13.2. The Balaban J connectivity index is 2.18. The van der Waals surface area contributed by atoms with Gasteiger partial charge in [0.1, 0.15) is 0 Å². The Kier molecular flexibility index (Phi) is 3.92. The number of halogens is 1. The molecule has 1 aliphatic heterocycles. The normalized spacial score (nSPS) is 14.3. The predicted octanol–water partition coefficient (Wildman–Crippen LogP) is 4.08. The van der Waals surface area contributed by atoms with Gasteiger partial charge >= 0.3 is 5.97 Å². The molecule has 4 nitrogen and oxygen atoms in total. The lowest BCUT2D eigenvalue weighted by Gasteiger charge is -2.26. The number of benzene rings is 2. The van der Waals surface area contributed by atoms with Gasteiger partial charge in [0.15, 0.2) is 0 Å². The molecule has 0 atom stereocenters. The molecule has 23 heavy (non-hydrogen) atoms. The number of carboxylic acid groups (broad SMARTS) is 1. The smallest absolute Gasteiger partial charge is 0.335 e. The Bertz CT molecular complexity index is 842. The third-order valence-corrected chi connectivity index (χ3v) is 4.06. The number of anilines is 1. The van der Waals surface area contributed by atoms with Crippen molar-refractivity contribution in [2.75, 3.05) is 4.90 Å². The zero-order valence-electron chi connectivity index (χ0n) is 12.4. The van der Waals surface area contributed by atoms with Gasteiger partial charge in [0.05, 0.1) is 17.8 Å². The van der Waals surface area contributed by atoms with Crippen LogP contribution >= 0.6 is 11.6 Å². The van der Waals surface area contributed by atoms with Crippen LogP contribution < -0.4 is 4.90 Å². The maximum atomic E-state index is 12.1. The standard InChI is InChI=1S/C18H14ClNO3/c1-11(21)20-10-15-8-14(18(22)23)5-3-12(15)2-4-13-9-16(19)6-7-17(13)20/h2-9H,10H2,1H3,(H,22,23)/b4-2-. The monoisotopic (exact) mass is 327 g/mol. The maximum absolute atomic E-state index is 12.1. The van der Waals surface area contributed by atoms with Crippen LogP contribution in [0.25, 0.3) is 12.2 Å². The van der Waals surface area contributed by atoms with Gasteiger partial charge in [0.25, 0.3) is 0 Å². The molecule has 0 spiro atoms. The lowest BCUT2D eigenvalue weighted by atomic mass is 9.99. The van der Waals surface area contributed by atoms with Crippen LogP contribution in [0, 0.1) is 0 Å². The van der Waals surface area contributed by atoms with E-state index in [1.54, 1.807) is 41.3 Å². The number of nitrogens with zero attached hydrogens (tertiary/aromatic N) is 1. The molecule has 5 heteroatoms. The number of hydrogen-bond donors (Lipinski definition) is 1. The Morgan fingerprint density at radius 3 is 2.52 bits per heavy atom. The fourth-order valence-electron chi connectivity index (χ4n) is 2.66. The minimum Gasteiger partial charge on any atom is -0.478 e. The van der Waals surface area contributed by atoms with Gasteiger partial charge < -0.3 is 10.0 Å². The van der Waals surface area contributed by atoms with E-state index in [9.17, 15) is 9.59 Å². The summed E-state index contributed by atoms with van der Waals surface area (Å²) in [5.41, 5.74) is 3.48. The molecule has 0 radical (unpaired) electrons. The van der Waals surface area contributed by atoms with E-state index in [4.69, 9.17) is 16.7 Å². The molecule has 1 amide bonds. The van der Waals surface area contributed by atoms with Crippen LogP contribution in [0.1, 0.15) is 34.0 Å². The van der Waals surface area contributed by atoms with Gasteiger partial charge in [0, 0.05) is 11.9 Å². The number of carbonyl (C=O) groups is 2. The van der Waals surface area contributed by atoms with Crippen molar-refractivity contribution in [3.05, 3.63) is 63.7 Å². The molecule has 0 fully saturated rings. The summed E-state index contributed by atoms with van der Waals surface area (Å²) in [5, 5.41) is 9.76. The van der Waals surface area contributed by atoms with E-state index in [-0.39, 0.29) is 11.5 Å². The highest BCUT2D eigenvalue weighted by molar-refractivity contribution is 6.30. The maximum Gasteiger partial charge on any atom is 0.335 e. The van der Waals surface area contributed by atoms with Crippen molar-refractivity contribution < 1.29 is 14.7 Å². The fourth-order valence-corrected chi connectivity index (χ4v) is 2.84. The first-order valence-corrected chi connectivity index (χ1v) is 7.45. The van der Waals surface area contributed by atoms with E-state index in [0.717, 1.165) is 22.4 Å². The average Bonchev–Trinajstić information content (AvgIpc) is 2.49. The molecule has 3 rings (SSSR count). The van der Waals surface area contributed by atoms with Gasteiger partial charge in [-0.3, -0.25) is 4.79 Å². The lowest BCUT2D eigenvalue weighted by molar-refractivity contribution is -0.116. The van der Waals surface area contributed by atoms with Gasteiger partial charge in [0.2, 0.25) is 5.91 Å². The SMILES string of the molecule is CC(=O)N1Cc2cc(C(=O)O)ccc2/C=C\c2cc(Cl)ccc21. The van der Waals surface area contributed by atoms with Crippen molar-refractivity contribution in [3.63, 3.8) is 0 Å². The lowest BCUT2D eigenvalue weighted by Crippen LogP contribution is -2.29. The largest absolute Gasteiger partial charge is 0.478 e. The number of aromatic carboxylic acids is 1. The van der Waals surface area contributed by atoms with E-state index in [1.165, 1.54) is 6.92 Å². The topological polar surface area (TPSA) is 57.6 Å². The minimum absolute atomic E-state index is 0.115. The molecule has 0 aromatic heterocycles. The highest BCUT2D eigenvalue weighted by Gasteiger charge is 2.19. The molecule has 0 unspecified atom stereocenters. The molecule has 1 aliphatic rings. The minimum atomic E-state index is -0.986. The third kappa shape index (κ3) is 2.98. The highest BCUT2D eigenvalue weighted by Crippen LogP contribution is 2.31. The fraction of sp³-hybridized carbons (Fsp3) is 0.111. The number of amides is 1. The summed E-state index contributed by atoms with van der Waals surface area (Å²) in [7, 11) is 0. The molecule has 0 bridgehead atoms. The van der Waals surface area contributed by atoms with E-state index in [2.05, 4.69) is 0 Å². The molecule has 1 N–H and O–H groups in total. The summed E-state index contributed by atoms with van der Waals surface area (Å²) >= 11 is 6.05. The molecular formula is C18H14ClNO3. The molecule has 116 valence electrons. The summed E-state index contributed by atoms with van der Waals surface area (Å²) in [6.45, 7) is 1.80. The van der Waals surface area contributed by atoms with Gasteiger partial charge in [-0.05, 0) is 47.0 Å². The third-order valence-electron chi connectivity index (χ3n) is 3.82. The van der Waals surface area contributed by atoms with E-state index < -0.39 is 5.97 Å². The van der Waals surface area contributed by atoms with Crippen LogP contribution in [0.3, 0.4) is 0 Å². The summed E-state index contributed by atoms with van der Waals surface area (Å²) in [6.07, 6.45) is 3.79. The molecule has 2 aromatic carbocycles. The Hall–Kier alpha value is -2.59. The van der Waals surface area contributed by atoms with E-state index >= 15 is 0 Å². The van der Waals surface area contributed by atoms with E-state index in [1.807, 2.05) is 12.2 Å². The summed E-state index contributed by atoms with van der Waals surface area (Å²) in [4.78, 5) is 24.9. The number of carbonyl (C=O) groups excluding carboxylic acids is 1. The summed E-state index contributed by atoms with van der Waals surface area (Å²) in [6, 6.07) is 10.3. The first-order chi connectivity index (χ1) is 11.0. The molecule has 2 aromatic rings. The van der Waals surface area contributed by atoms with Crippen molar-refractivity contribution in [1.29, 1.82) is 0 Å². The average molecular weight is 328 g/mol. The highest BCUT2D eigenvalue weighted by atomic mass is 35.5. The van der Waals surface area contributed by atoms with Gasteiger partial charge in [-0.2, -0.15) is 0 Å². The number of carboxylic acids is 1. The Labute approximate surface area is 138 Å². The summed E-state index contributed by atoms with van der Waals surface area (Å²) in [5.74, 6) is -1.10. The van der Waals surface area contributed by atoms with Crippen molar-refractivity contribution in [2.45, 2.75) is 13.5 Å². The number of fused-ring (bicyclic) bond motifs is 2.